The van der Waals surface area contributed by atoms with Crippen LogP contribution >= 0.6 is 0 Å². The van der Waals surface area contributed by atoms with E-state index in [0.717, 1.165) is 62.0 Å². The molecule has 2 aliphatic rings. The van der Waals surface area contributed by atoms with E-state index >= 15 is 0 Å². The van der Waals surface area contributed by atoms with Crippen LogP contribution in [0.25, 0.3) is 33.6 Å². The van der Waals surface area contributed by atoms with Gasteiger partial charge in [0.15, 0.2) is 0 Å². The van der Waals surface area contributed by atoms with Crippen LogP contribution in [0.2, 0.25) is 39.3 Å². The highest BCUT2D eigenvalue weighted by molar-refractivity contribution is 6.89. The van der Waals surface area contributed by atoms with E-state index in [1.807, 2.05) is 36.5 Å². The third-order valence-electron chi connectivity index (χ3n) is 11.8. The Balaban J connectivity index is 1.35. The van der Waals surface area contributed by atoms with Gasteiger partial charge in [-0.1, -0.05) is 141 Å². The van der Waals surface area contributed by atoms with Gasteiger partial charge in [0.25, 0.3) is 0 Å². The van der Waals surface area contributed by atoms with Gasteiger partial charge >= 0.3 is 0 Å². The second-order valence-electron chi connectivity index (χ2n) is 17.4. The SMILES string of the molecule is Cc1cccc(C)c1N(c1cccc(-c2ccccn2)c1)c1ccc2c(n1)-c1c(O)cccc1C21c2cc([Si](C)(C)C)ccc2-c2ccc([Si](C)(C)C)cc21. The largest absolute Gasteiger partial charge is 0.507 e. The molecule has 55 heavy (non-hydrogen) atoms. The number of nitrogens with zero attached hydrogens (tertiary/aromatic N) is 3. The van der Waals surface area contributed by atoms with E-state index in [1.165, 1.54) is 32.6 Å². The van der Waals surface area contributed by atoms with Crippen molar-refractivity contribution in [1.29, 1.82) is 0 Å². The molecule has 0 atom stereocenters. The monoisotopic (exact) mass is 749 g/mol. The van der Waals surface area contributed by atoms with E-state index in [0.29, 0.717) is 0 Å². The molecule has 2 aliphatic carbocycles. The smallest absolute Gasteiger partial charge is 0.138 e. The van der Waals surface area contributed by atoms with Gasteiger partial charge in [0.2, 0.25) is 0 Å². The molecule has 0 saturated heterocycles. The minimum atomic E-state index is -1.69. The molecule has 9 rings (SSSR count). The zero-order valence-electron chi connectivity index (χ0n) is 33.0. The number of phenols is 1. The Labute approximate surface area is 327 Å². The zero-order valence-corrected chi connectivity index (χ0v) is 35.0. The number of anilines is 3. The molecule has 0 radical (unpaired) electrons. The number of aromatic hydroxyl groups is 1. The number of fused-ring (bicyclic) bond motifs is 10. The predicted octanol–water partition coefficient (Wildman–Crippen LogP) is 11.4. The fraction of sp³-hybridized carbons (Fsp3) is 0.184. The van der Waals surface area contributed by atoms with Crippen molar-refractivity contribution in [3.8, 4) is 39.4 Å². The normalized spacial score (nSPS) is 13.7. The average molecular weight is 750 g/mol. The number of hydrogen-bond acceptors (Lipinski definition) is 4. The predicted molar refractivity (Wildman–Crippen MR) is 236 cm³/mol. The Morgan fingerprint density at radius 2 is 1.22 bits per heavy atom. The van der Waals surface area contributed by atoms with Crippen LogP contribution in [-0.4, -0.2) is 31.2 Å². The summed E-state index contributed by atoms with van der Waals surface area (Å²) in [5.74, 6) is 1.06. The summed E-state index contributed by atoms with van der Waals surface area (Å²) >= 11 is 0. The lowest BCUT2D eigenvalue weighted by Gasteiger charge is -2.32. The summed E-state index contributed by atoms with van der Waals surface area (Å²) in [6.45, 7) is 18.9. The molecule has 0 saturated carbocycles. The summed E-state index contributed by atoms with van der Waals surface area (Å²) in [7, 11) is -3.38. The molecule has 0 bridgehead atoms. The molecule has 272 valence electrons. The highest BCUT2D eigenvalue weighted by atomic mass is 28.3. The number of benzene rings is 5. The van der Waals surface area contributed by atoms with Crippen LogP contribution in [-0.2, 0) is 5.41 Å². The Morgan fingerprint density at radius 1 is 0.582 bits per heavy atom. The summed E-state index contributed by atoms with van der Waals surface area (Å²) < 4.78 is 0. The van der Waals surface area contributed by atoms with Gasteiger partial charge in [-0.05, 0) is 94.8 Å². The summed E-state index contributed by atoms with van der Waals surface area (Å²) in [6.07, 6.45) is 1.84. The molecule has 2 aromatic heterocycles. The maximum Gasteiger partial charge on any atom is 0.138 e. The topological polar surface area (TPSA) is 49.2 Å². The molecule has 0 amide bonds. The van der Waals surface area contributed by atoms with E-state index in [-0.39, 0.29) is 5.75 Å². The second kappa shape index (κ2) is 12.5. The Hall–Kier alpha value is -5.57. The molecular formula is C49H47N3OSi2. The molecule has 5 aromatic carbocycles. The van der Waals surface area contributed by atoms with Crippen molar-refractivity contribution in [2.24, 2.45) is 0 Å². The van der Waals surface area contributed by atoms with Crippen LogP contribution in [0.1, 0.15) is 33.4 Å². The average Bonchev–Trinajstić information content (AvgIpc) is 3.63. The fourth-order valence-corrected chi connectivity index (χ4v) is 11.3. The van der Waals surface area contributed by atoms with Gasteiger partial charge in [-0.25, -0.2) is 4.98 Å². The van der Waals surface area contributed by atoms with Gasteiger partial charge in [0, 0.05) is 23.0 Å². The summed E-state index contributed by atoms with van der Waals surface area (Å²) in [6, 6.07) is 46.1. The second-order valence-corrected chi connectivity index (χ2v) is 27.5. The van der Waals surface area contributed by atoms with Crippen LogP contribution in [0.5, 0.6) is 5.75 Å². The maximum atomic E-state index is 12.0. The fourth-order valence-electron chi connectivity index (χ4n) is 9.02. The number of hydrogen-bond donors (Lipinski definition) is 1. The van der Waals surface area contributed by atoms with E-state index in [2.05, 4.69) is 160 Å². The van der Waals surface area contributed by atoms with Gasteiger partial charge in [-0.15, -0.1) is 0 Å². The van der Waals surface area contributed by atoms with E-state index in [1.54, 1.807) is 0 Å². The van der Waals surface area contributed by atoms with Gasteiger partial charge in [0.05, 0.1) is 38.6 Å². The van der Waals surface area contributed by atoms with Crippen LogP contribution in [0, 0.1) is 13.8 Å². The van der Waals surface area contributed by atoms with Crippen molar-refractivity contribution in [2.45, 2.75) is 58.5 Å². The first-order chi connectivity index (χ1) is 26.3. The quantitative estimate of drug-likeness (QED) is 0.172. The minimum Gasteiger partial charge on any atom is -0.507 e. The minimum absolute atomic E-state index is 0.258. The molecule has 1 spiro atoms. The number of rotatable bonds is 6. The van der Waals surface area contributed by atoms with Crippen molar-refractivity contribution in [3.63, 3.8) is 0 Å². The first-order valence-corrected chi connectivity index (χ1v) is 26.3. The van der Waals surface area contributed by atoms with Crippen molar-refractivity contribution in [2.75, 3.05) is 4.90 Å². The maximum absolute atomic E-state index is 12.0. The molecular weight excluding hydrogens is 703 g/mol. The standard InChI is InChI=1S/C49H47N3OSi2/c1-31-14-11-15-32(2)48(31)52(34-17-12-16-33(28-34)43-19-9-10-27-50-43)45-26-25-40-47(51-45)46-39(18-13-20-44(46)53)49(40)41-29-35(54(3,4)5)21-23-37(41)38-24-22-36(30-42(38)49)55(6,7)8/h9-30,53H,1-8H3. The number of aromatic nitrogens is 2. The van der Waals surface area contributed by atoms with Crippen LogP contribution < -0.4 is 15.3 Å². The van der Waals surface area contributed by atoms with Gasteiger partial charge in [0.1, 0.15) is 11.6 Å². The number of phenolic OH excluding ortho intramolecular Hbond substituents is 1. The van der Waals surface area contributed by atoms with Crippen LogP contribution in [0.15, 0.2) is 134 Å². The number of aryl methyl sites for hydroxylation is 2. The Morgan fingerprint density at radius 3 is 1.84 bits per heavy atom. The van der Waals surface area contributed by atoms with Gasteiger partial charge in [-0.3, -0.25) is 9.88 Å². The molecule has 4 nitrogen and oxygen atoms in total. The van der Waals surface area contributed by atoms with Crippen molar-refractivity contribution >= 4 is 43.7 Å². The molecule has 0 fully saturated rings. The molecule has 7 aromatic rings. The van der Waals surface area contributed by atoms with Crippen LogP contribution in [0.4, 0.5) is 17.2 Å². The summed E-state index contributed by atoms with van der Waals surface area (Å²) in [4.78, 5) is 12.6. The molecule has 0 aliphatic heterocycles. The first-order valence-electron chi connectivity index (χ1n) is 19.3. The highest BCUT2D eigenvalue weighted by Crippen LogP contribution is 2.64. The number of pyridine rings is 2. The van der Waals surface area contributed by atoms with Gasteiger partial charge < -0.3 is 5.11 Å². The van der Waals surface area contributed by atoms with Crippen molar-refractivity contribution in [3.05, 3.63) is 167 Å². The number of para-hydroxylation sites is 1. The third-order valence-corrected chi connectivity index (χ3v) is 15.9. The van der Waals surface area contributed by atoms with Gasteiger partial charge in [-0.2, -0.15) is 0 Å². The highest BCUT2D eigenvalue weighted by Gasteiger charge is 2.54. The molecule has 6 heteroatoms. The first kappa shape index (κ1) is 35.2. The molecule has 1 N–H and O–H groups in total. The third kappa shape index (κ3) is 5.37. The lowest BCUT2D eigenvalue weighted by Crippen LogP contribution is -2.40. The Kier molecular flexibility index (Phi) is 7.98. The summed E-state index contributed by atoms with van der Waals surface area (Å²) in [5, 5.41) is 14.8. The van der Waals surface area contributed by atoms with E-state index in [9.17, 15) is 5.11 Å². The zero-order chi connectivity index (χ0) is 38.4. The van der Waals surface area contributed by atoms with Crippen molar-refractivity contribution < 1.29 is 5.11 Å². The molecule has 0 unspecified atom stereocenters. The van der Waals surface area contributed by atoms with Crippen LogP contribution in [0.3, 0.4) is 0 Å². The van der Waals surface area contributed by atoms with Crippen molar-refractivity contribution in [1.82, 2.24) is 9.97 Å². The molecule has 2 heterocycles. The summed E-state index contributed by atoms with van der Waals surface area (Å²) in [5.41, 5.74) is 14.7. The lowest BCUT2D eigenvalue weighted by atomic mass is 9.71. The van der Waals surface area contributed by atoms with E-state index in [4.69, 9.17) is 4.98 Å². The Bertz CT molecular complexity index is 2590. The lowest BCUT2D eigenvalue weighted by molar-refractivity contribution is 0.476. The van der Waals surface area contributed by atoms with E-state index < -0.39 is 21.6 Å².